The SMILES string of the molecule is O=C(C(Cc1ccccc1)Nc1c(F)cc([N+](=O)[O-])cc1F)N1CCOCC1. The molecule has 1 amide bonds. The van der Waals surface area contributed by atoms with Gasteiger partial charge < -0.3 is 15.0 Å². The summed E-state index contributed by atoms with van der Waals surface area (Å²) >= 11 is 0. The fraction of sp³-hybridized carbons (Fsp3) is 0.316. The largest absolute Gasteiger partial charge is 0.378 e. The minimum absolute atomic E-state index is 0.201. The molecule has 0 aliphatic carbocycles. The smallest absolute Gasteiger partial charge is 0.275 e. The van der Waals surface area contributed by atoms with Gasteiger partial charge in [0.1, 0.15) is 11.7 Å². The van der Waals surface area contributed by atoms with Crippen LogP contribution < -0.4 is 5.32 Å². The predicted octanol–water partition coefficient (Wildman–Crippen LogP) is 2.76. The first kappa shape index (κ1) is 19.7. The van der Waals surface area contributed by atoms with Crippen molar-refractivity contribution in [3.8, 4) is 0 Å². The van der Waals surface area contributed by atoms with Gasteiger partial charge in [0.2, 0.25) is 5.91 Å². The zero-order valence-electron chi connectivity index (χ0n) is 14.9. The van der Waals surface area contributed by atoms with Crippen LogP contribution in [-0.4, -0.2) is 48.1 Å². The standard InChI is InChI=1S/C19H19F2N3O4/c20-15-11-14(24(26)27)12-16(21)18(15)22-17(10-13-4-2-1-3-5-13)19(25)23-6-8-28-9-7-23/h1-5,11-12,17,22H,6-10H2. The summed E-state index contributed by atoms with van der Waals surface area (Å²) in [6.45, 7) is 1.56. The molecule has 9 heteroatoms. The van der Waals surface area contributed by atoms with E-state index in [1.54, 1.807) is 17.0 Å². The van der Waals surface area contributed by atoms with E-state index in [1.165, 1.54) is 0 Å². The Morgan fingerprint density at radius 1 is 1.18 bits per heavy atom. The second-order valence-corrected chi connectivity index (χ2v) is 6.37. The number of rotatable bonds is 6. The number of non-ortho nitro benzene ring substituents is 1. The summed E-state index contributed by atoms with van der Waals surface area (Å²) in [7, 11) is 0. The Morgan fingerprint density at radius 3 is 2.36 bits per heavy atom. The van der Waals surface area contributed by atoms with Crippen LogP contribution in [0.2, 0.25) is 0 Å². The Balaban J connectivity index is 1.88. The van der Waals surface area contributed by atoms with E-state index in [0.29, 0.717) is 38.4 Å². The fourth-order valence-electron chi connectivity index (χ4n) is 3.03. The minimum Gasteiger partial charge on any atom is -0.378 e. The number of nitrogens with zero attached hydrogens (tertiary/aromatic N) is 2. The van der Waals surface area contributed by atoms with Crippen molar-refractivity contribution in [2.24, 2.45) is 0 Å². The number of anilines is 1. The Bertz CT molecular complexity index is 835. The lowest BCUT2D eigenvalue weighted by molar-refractivity contribution is -0.385. The zero-order valence-corrected chi connectivity index (χ0v) is 14.9. The first-order valence-electron chi connectivity index (χ1n) is 8.76. The molecule has 1 unspecified atom stereocenters. The molecular weight excluding hydrogens is 372 g/mol. The molecule has 0 spiro atoms. The van der Waals surface area contributed by atoms with Crippen LogP contribution in [0.4, 0.5) is 20.2 Å². The third kappa shape index (κ3) is 4.61. The van der Waals surface area contributed by atoms with E-state index >= 15 is 0 Å². The second kappa shape index (κ2) is 8.75. The summed E-state index contributed by atoms with van der Waals surface area (Å²) in [5.41, 5.74) is -0.447. The van der Waals surface area contributed by atoms with Crippen molar-refractivity contribution in [1.29, 1.82) is 0 Å². The molecule has 1 atom stereocenters. The highest BCUT2D eigenvalue weighted by Crippen LogP contribution is 2.26. The fourth-order valence-corrected chi connectivity index (χ4v) is 3.03. The van der Waals surface area contributed by atoms with Crippen LogP contribution in [0.3, 0.4) is 0 Å². The molecular formula is C19H19F2N3O4. The molecule has 1 fully saturated rings. The lowest BCUT2D eigenvalue weighted by atomic mass is 10.0. The summed E-state index contributed by atoms with van der Waals surface area (Å²) < 4.78 is 33.9. The van der Waals surface area contributed by atoms with Crippen molar-refractivity contribution in [3.05, 3.63) is 69.8 Å². The molecule has 0 bridgehead atoms. The minimum atomic E-state index is -1.13. The molecule has 7 nitrogen and oxygen atoms in total. The van der Waals surface area contributed by atoms with Crippen LogP contribution in [0, 0.1) is 21.7 Å². The molecule has 3 rings (SSSR count). The van der Waals surface area contributed by atoms with Crippen LogP contribution in [0.25, 0.3) is 0 Å². The molecule has 1 aliphatic rings. The number of nitro groups is 1. The number of nitrogens with one attached hydrogen (secondary N) is 1. The Labute approximate surface area is 160 Å². The highest BCUT2D eigenvalue weighted by atomic mass is 19.1. The number of ether oxygens (including phenoxy) is 1. The summed E-state index contributed by atoms with van der Waals surface area (Å²) in [5, 5.41) is 13.4. The number of morpholine rings is 1. The number of carbonyl (C=O) groups excluding carboxylic acids is 1. The number of carbonyl (C=O) groups is 1. The van der Waals surface area contributed by atoms with E-state index in [-0.39, 0.29) is 12.3 Å². The van der Waals surface area contributed by atoms with Crippen molar-refractivity contribution in [2.75, 3.05) is 31.6 Å². The molecule has 1 heterocycles. The molecule has 1 aliphatic heterocycles. The van der Waals surface area contributed by atoms with Gasteiger partial charge >= 0.3 is 0 Å². The molecule has 2 aromatic carbocycles. The van der Waals surface area contributed by atoms with E-state index in [2.05, 4.69) is 5.32 Å². The molecule has 0 radical (unpaired) electrons. The van der Waals surface area contributed by atoms with E-state index in [4.69, 9.17) is 4.74 Å². The maximum absolute atomic E-state index is 14.3. The first-order chi connectivity index (χ1) is 13.5. The van der Waals surface area contributed by atoms with Gasteiger partial charge in [-0.2, -0.15) is 0 Å². The average molecular weight is 391 g/mol. The lowest BCUT2D eigenvalue weighted by Gasteiger charge is -2.31. The van der Waals surface area contributed by atoms with Gasteiger partial charge in [0.15, 0.2) is 11.6 Å². The normalized spacial score (nSPS) is 15.1. The average Bonchev–Trinajstić information content (AvgIpc) is 2.70. The Kier molecular flexibility index (Phi) is 6.15. The quantitative estimate of drug-likeness (QED) is 0.605. The first-order valence-corrected chi connectivity index (χ1v) is 8.76. The van der Waals surface area contributed by atoms with Crippen LogP contribution in [0.5, 0.6) is 0 Å². The van der Waals surface area contributed by atoms with Gasteiger partial charge in [-0.1, -0.05) is 30.3 Å². The third-order valence-corrected chi connectivity index (χ3v) is 4.46. The van der Waals surface area contributed by atoms with Gasteiger partial charge in [-0.05, 0) is 5.56 Å². The second-order valence-electron chi connectivity index (χ2n) is 6.37. The molecule has 2 aromatic rings. The highest BCUT2D eigenvalue weighted by Gasteiger charge is 2.28. The van der Waals surface area contributed by atoms with Crippen LogP contribution in [-0.2, 0) is 16.0 Å². The predicted molar refractivity (Wildman–Crippen MR) is 98.0 cm³/mol. The summed E-state index contributed by atoms with van der Waals surface area (Å²) in [6.07, 6.45) is 0.201. The number of benzene rings is 2. The Hall–Kier alpha value is -3.07. The van der Waals surface area contributed by atoms with Crippen LogP contribution in [0.1, 0.15) is 5.56 Å². The van der Waals surface area contributed by atoms with Crippen molar-refractivity contribution in [2.45, 2.75) is 12.5 Å². The molecule has 0 saturated carbocycles. The van der Waals surface area contributed by atoms with E-state index in [0.717, 1.165) is 5.56 Å². The van der Waals surface area contributed by atoms with Crippen LogP contribution >= 0.6 is 0 Å². The van der Waals surface area contributed by atoms with Gasteiger partial charge in [-0.25, -0.2) is 8.78 Å². The number of halogens is 2. The van der Waals surface area contributed by atoms with Gasteiger partial charge in [-0.15, -0.1) is 0 Å². The Morgan fingerprint density at radius 2 is 1.79 bits per heavy atom. The molecule has 148 valence electrons. The third-order valence-electron chi connectivity index (χ3n) is 4.46. The number of amides is 1. The molecule has 1 saturated heterocycles. The van der Waals surface area contributed by atoms with Gasteiger partial charge in [0.05, 0.1) is 30.3 Å². The van der Waals surface area contributed by atoms with E-state index in [1.807, 2.05) is 18.2 Å². The van der Waals surface area contributed by atoms with Gasteiger partial charge in [0.25, 0.3) is 5.69 Å². The highest BCUT2D eigenvalue weighted by molar-refractivity contribution is 5.85. The number of hydrogen-bond acceptors (Lipinski definition) is 5. The molecule has 28 heavy (non-hydrogen) atoms. The van der Waals surface area contributed by atoms with Gasteiger partial charge in [0, 0.05) is 19.5 Å². The monoisotopic (exact) mass is 391 g/mol. The zero-order chi connectivity index (χ0) is 20.1. The van der Waals surface area contributed by atoms with E-state index in [9.17, 15) is 23.7 Å². The summed E-state index contributed by atoms with van der Waals surface area (Å²) in [4.78, 5) is 24.4. The number of hydrogen-bond donors (Lipinski definition) is 1. The van der Waals surface area contributed by atoms with Gasteiger partial charge in [-0.3, -0.25) is 14.9 Å². The molecule has 0 aromatic heterocycles. The molecule has 1 N–H and O–H groups in total. The van der Waals surface area contributed by atoms with E-state index < -0.39 is 34.0 Å². The van der Waals surface area contributed by atoms with Crippen molar-refractivity contribution in [3.63, 3.8) is 0 Å². The lowest BCUT2D eigenvalue weighted by Crippen LogP contribution is -2.49. The van der Waals surface area contributed by atoms with Crippen molar-refractivity contribution < 1.29 is 23.2 Å². The summed E-state index contributed by atoms with van der Waals surface area (Å²) in [5.74, 6) is -2.57. The maximum Gasteiger partial charge on any atom is 0.275 e. The van der Waals surface area contributed by atoms with Crippen LogP contribution in [0.15, 0.2) is 42.5 Å². The maximum atomic E-state index is 14.3. The van der Waals surface area contributed by atoms with Crippen molar-refractivity contribution >= 4 is 17.3 Å². The summed E-state index contributed by atoms with van der Waals surface area (Å²) in [6, 6.07) is 9.37. The van der Waals surface area contributed by atoms with Crippen molar-refractivity contribution in [1.82, 2.24) is 4.90 Å². The number of nitro benzene ring substituents is 1. The topological polar surface area (TPSA) is 84.7 Å².